The number of nitrogens with one attached hydrogen (secondary N) is 1. The Morgan fingerprint density at radius 1 is 1.42 bits per heavy atom. The molecule has 0 fully saturated rings. The molecule has 12 heavy (non-hydrogen) atoms. The molecule has 0 bridgehead atoms. The molecule has 1 amide bonds. The van der Waals surface area contributed by atoms with Gasteiger partial charge in [0.15, 0.2) is 0 Å². The molecule has 3 nitrogen and oxygen atoms in total. The third-order valence-corrected chi connectivity index (χ3v) is 2.21. The maximum absolute atomic E-state index is 11.0. The highest BCUT2D eigenvalue weighted by Crippen LogP contribution is 2.13. The van der Waals surface area contributed by atoms with Gasteiger partial charge in [0.25, 0.3) is 0 Å². The average Bonchev–Trinajstić information content (AvgIpc) is 2.02. The van der Waals surface area contributed by atoms with E-state index in [1.807, 2.05) is 6.92 Å². The summed E-state index contributed by atoms with van der Waals surface area (Å²) >= 11 is 0. The van der Waals surface area contributed by atoms with Gasteiger partial charge >= 0.3 is 0 Å². The number of hydrogen-bond donors (Lipinski definition) is 2. The second kappa shape index (κ2) is 5.14. The summed E-state index contributed by atoms with van der Waals surface area (Å²) in [7, 11) is 1.65. The largest absolute Gasteiger partial charge is 0.359 e. The molecule has 0 unspecified atom stereocenters. The molecule has 0 aromatic rings. The summed E-state index contributed by atoms with van der Waals surface area (Å²) in [6.07, 6.45) is 0.524. The molecule has 0 saturated heterocycles. The quantitative estimate of drug-likeness (QED) is 0.657. The lowest BCUT2D eigenvalue weighted by Gasteiger charge is -2.22. The molecule has 0 saturated carbocycles. The number of hydrogen-bond acceptors (Lipinski definition) is 2. The van der Waals surface area contributed by atoms with Crippen LogP contribution in [0.1, 0.15) is 27.2 Å². The average molecular weight is 172 g/mol. The topological polar surface area (TPSA) is 55.1 Å². The molecule has 0 aliphatic carbocycles. The van der Waals surface area contributed by atoms with E-state index in [0.717, 1.165) is 0 Å². The van der Waals surface area contributed by atoms with Gasteiger partial charge in [0.05, 0.1) is 0 Å². The van der Waals surface area contributed by atoms with Crippen molar-refractivity contribution < 1.29 is 4.79 Å². The monoisotopic (exact) mass is 172 g/mol. The zero-order chi connectivity index (χ0) is 9.72. The summed E-state index contributed by atoms with van der Waals surface area (Å²) in [4.78, 5) is 11.0. The highest BCUT2D eigenvalue weighted by Gasteiger charge is 2.18. The van der Waals surface area contributed by atoms with Gasteiger partial charge in [0.1, 0.15) is 0 Å². The van der Waals surface area contributed by atoms with Crippen LogP contribution >= 0.6 is 0 Å². The molecular weight excluding hydrogens is 152 g/mol. The van der Waals surface area contributed by atoms with Gasteiger partial charge in [-0.25, -0.2) is 0 Å². The summed E-state index contributed by atoms with van der Waals surface area (Å²) in [5, 5.41) is 2.60. The highest BCUT2D eigenvalue weighted by molar-refractivity contribution is 5.75. The van der Waals surface area contributed by atoms with Crippen molar-refractivity contribution in [2.45, 2.75) is 33.2 Å². The van der Waals surface area contributed by atoms with Crippen LogP contribution in [-0.4, -0.2) is 19.0 Å². The van der Waals surface area contributed by atoms with Gasteiger partial charge in [-0.05, 0) is 11.8 Å². The molecule has 3 N–H and O–H groups in total. The minimum absolute atomic E-state index is 0.0681. The maximum Gasteiger partial charge on any atom is 0.220 e. The molecule has 0 aromatic heterocycles. The van der Waals surface area contributed by atoms with E-state index in [-0.39, 0.29) is 17.9 Å². The summed E-state index contributed by atoms with van der Waals surface area (Å²) in [5.74, 6) is 0.758. The lowest BCUT2D eigenvalue weighted by atomic mass is 9.90. The Labute approximate surface area is 74.7 Å². The fraction of sp³-hybridized carbons (Fsp3) is 0.889. The summed E-state index contributed by atoms with van der Waals surface area (Å²) in [6, 6.07) is 0.113. The van der Waals surface area contributed by atoms with Crippen LogP contribution in [0.25, 0.3) is 0 Å². The van der Waals surface area contributed by atoms with Crippen molar-refractivity contribution in [1.29, 1.82) is 0 Å². The molecule has 0 aromatic carbocycles. The second-order valence-electron chi connectivity index (χ2n) is 3.68. The Morgan fingerprint density at radius 2 is 1.92 bits per heavy atom. The molecule has 0 heterocycles. The van der Waals surface area contributed by atoms with E-state index in [9.17, 15) is 4.79 Å². The normalized spacial score (nSPS) is 15.8. The van der Waals surface area contributed by atoms with Crippen molar-refractivity contribution in [3.05, 3.63) is 0 Å². The summed E-state index contributed by atoms with van der Waals surface area (Å²) in [6.45, 7) is 6.16. The first-order valence-corrected chi connectivity index (χ1v) is 4.45. The lowest BCUT2D eigenvalue weighted by Crippen LogP contribution is -2.36. The van der Waals surface area contributed by atoms with Gasteiger partial charge in [0.2, 0.25) is 5.91 Å². The van der Waals surface area contributed by atoms with Crippen molar-refractivity contribution in [2.24, 2.45) is 17.6 Å². The molecular formula is C9H20N2O. The Morgan fingerprint density at radius 3 is 2.25 bits per heavy atom. The SMILES string of the molecule is CNC(=O)C[C@H](C)[C@@H](N)C(C)C. The first kappa shape index (κ1) is 11.4. The van der Waals surface area contributed by atoms with Crippen molar-refractivity contribution in [3.63, 3.8) is 0 Å². The van der Waals surface area contributed by atoms with Crippen molar-refractivity contribution in [2.75, 3.05) is 7.05 Å². The number of carbonyl (C=O) groups excluding carboxylic acids is 1. The van der Waals surface area contributed by atoms with Gasteiger partial charge in [-0.2, -0.15) is 0 Å². The van der Waals surface area contributed by atoms with E-state index in [1.54, 1.807) is 7.05 Å². The third kappa shape index (κ3) is 3.72. The number of carbonyl (C=O) groups is 1. The molecule has 0 rings (SSSR count). The Bertz CT molecular complexity index is 145. The highest BCUT2D eigenvalue weighted by atomic mass is 16.1. The number of amides is 1. The maximum atomic E-state index is 11.0. The Balaban J connectivity index is 3.86. The lowest BCUT2D eigenvalue weighted by molar-refractivity contribution is -0.121. The van der Waals surface area contributed by atoms with Crippen LogP contribution in [0.3, 0.4) is 0 Å². The molecule has 0 spiro atoms. The first-order chi connectivity index (χ1) is 5.49. The van der Waals surface area contributed by atoms with E-state index in [1.165, 1.54) is 0 Å². The van der Waals surface area contributed by atoms with Crippen molar-refractivity contribution in [3.8, 4) is 0 Å². The van der Waals surface area contributed by atoms with Gasteiger partial charge in [-0.3, -0.25) is 4.79 Å². The van der Waals surface area contributed by atoms with Crippen LogP contribution in [0.15, 0.2) is 0 Å². The van der Waals surface area contributed by atoms with Gasteiger partial charge in [-0.1, -0.05) is 20.8 Å². The van der Waals surface area contributed by atoms with Crippen molar-refractivity contribution in [1.82, 2.24) is 5.32 Å². The van der Waals surface area contributed by atoms with Gasteiger partial charge < -0.3 is 11.1 Å². The van der Waals surface area contributed by atoms with E-state index >= 15 is 0 Å². The smallest absolute Gasteiger partial charge is 0.220 e. The fourth-order valence-corrected chi connectivity index (χ4v) is 1.19. The van der Waals surface area contributed by atoms with E-state index in [0.29, 0.717) is 12.3 Å². The van der Waals surface area contributed by atoms with Gasteiger partial charge in [-0.15, -0.1) is 0 Å². The van der Waals surface area contributed by atoms with E-state index in [4.69, 9.17) is 5.73 Å². The summed E-state index contributed by atoms with van der Waals surface area (Å²) in [5.41, 5.74) is 5.88. The van der Waals surface area contributed by atoms with Crippen LogP contribution in [0.5, 0.6) is 0 Å². The third-order valence-electron chi connectivity index (χ3n) is 2.21. The fourth-order valence-electron chi connectivity index (χ4n) is 1.19. The Hall–Kier alpha value is -0.570. The predicted octanol–water partition coefficient (Wildman–Crippen LogP) is 0.742. The molecule has 3 heteroatoms. The van der Waals surface area contributed by atoms with E-state index < -0.39 is 0 Å². The van der Waals surface area contributed by atoms with Crippen molar-refractivity contribution >= 4 is 5.91 Å². The molecule has 2 atom stereocenters. The Kier molecular flexibility index (Phi) is 4.90. The van der Waals surface area contributed by atoms with Crippen LogP contribution in [0, 0.1) is 11.8 Å². The van der Waals surface area contributed by atoms with Crippen LogP contribution in [0.2, 0.25) is 0 Å². The van der Waals surface area contributed by atoms with Gasteiger partial charge in [0, 0.05) is 19.5 Å². The molecule has 0 radical (unpaired) electrons. The van der Waals surface area contributed by atoms with E-state index in [2.05, 4.69) is 19.2 Å². The molecule has 0 aliphatic rings. The summed E-state index contributed by atoms with van der Waals surface area (Å²) < 4.78 is 0. The van der Waals surface area contributed by atoms with Crippen LogP contribution in [-0.2, 0) is 4.79 Å². The number of rotatable bonds is 4. The van der Waals surface area contributed by atoms with Crippen LogP contribution < -0.4 is 11.1 Å². The predicted molar refractivity (Wildman–Crippen MR) is 50.7 cm³/mol. The minimum atomic E-state index is 0.0681. The zero-order valence-corrected chi connectivity index (χ0v) is 8.42. The first-order valence-electron chi connectivity index (χ1n) is 4.45. The van der Waals surface area contributed by atoms with Crippen LogP contribution in [0.4, 0.5) is 0 Å². The minimum Gasteiger partial charge on any atom is -0.359 e. The zero-order valence-electron chi connectivity index (χ0n) is 8.42. The second-order valence-corrected chi connectivity index (χ2v) is 3.68. The molecule has 72 valence electrons. The molecule has 0 aliphatic heterocycles. The standard InChI is InChI=1S/C9H20N2O/c1-6(2)9(10)7(3)5-8(12)11-4/h6-7,9H,5,10H2,1-4H3,(H,11,12)/t7-,9-/m0/s1. The number of nitrogens with two attached hydrogens (primary N) is 1.